The van der Waals surface area contributed by atoms with E-state index in [1.807, 2.05) is 13.0 Å². The van der Waals surface area contributed by atoms with Gasteiger partial charge in [-0.15, -0.1) is 24.8 Å². The standard InChI is InChI=1S/C18H18N6O2.2ClH/c1-10-6-13-15(7-12(10)8-19)22-23-17(13)21-18(25)14-9-26-24-16(14)11-2-4-20-5-3-11;;/h6-7,9,11,20H,2-5H2,1H3,(H2,21,22,23,25);2*1H. The zero-order valence-electron chi connectivity index (χ0n) is 15.1. The summed E-state index contributed by atoms with van der Waals surface area (Å²) in [5.41, 5.74) is 3.25. The number of halogens is 2. The number of fused-ring (bicyclic) bond motifs is 1. The van der Waals surface area contributed by atoms with E-state index in [9.17, 15) is 4.79 Å². The highest BCUT2D eigenvalue weighted by Crippen LogP contribution is 2.28. The summed E-state index contributed by atoms with van der Waals surface area (Å²) in [6.45, 7) is 3.66. The number of aromatic amines is 1. The van der Waals surface area contributed by atoms with Crippen LogP contribution in [0.4, 0.5) is 5.82 Å². The predicted octanol–water partition coefficient (Wildman–Crippen LogP) is 3.29. The lowest BCUT2D eigenvalue weighted by molar-refractivity contribution is 0.102. The number of aryl methyl sites for hydroxylation is 1. The summed E-state index contributed by atoms with van der Waals surface area (Å²) >= 11 is 0. The van der Waals surface area contributed by atoms with Crippen molar-refractivity contribution in [2.45, 2.75) is 25.7 Å². The molecule has 1 saturated heterocycles. The van der Waals surface area contributed by atoms with Crippen molar-refractivity contribution >= 4 is 47.4 Å². The topological polar surface area (TPSA) is 120 Å². The molecule has 3 aromatic rings. The number of anilines is 1. The first-order valence-electron chi connectivity index (χ1n) is 8.52. The Morgan fingerprint density at radius 3 is 2.79 bits per heavy atom. The van der Waals surface area contributed by atoms with Crippen molar-refractivity contribution in [2.75, 3.05) is 18.4 Å². The molecule has 8 nitrogen and oxygen atoms in total. The minimum absolute atomic E-state index is 0. The van der Waals surface area contributed by atoms with Gasteiger partial charge in [-0.2, -0.15) is 10.4 Å². The normalized spacial score (nSPS) is 14.0. The van der Waals surface area contributed by atoms with Crippen molar-refractivity contribution < 1.29 is 9.32 Å². The van der Waals surface area contributed by atoms with Crippen LogP contribution in [0.25, 0.3) is 10.9 Å². The van der Waals surface area contributed by atoms with E-state index in [1.165, 1.54) is 6.26 Å². The third kappa shape index (κ3) is 3.97. The smallest absolute Gasteiger partial charge is 0.262 e. The summed E-state index contributed by atoms with van der Waals surface area (Å²) in [4.78, 5) is 12.8. The van der Waals surface area contributed by atoms with E-state index in [0.29, 0.717) is 28.2 Å². The number of hydrogen-bond donors (Lipinski definition) is 3. The van der Waals surface area contributed by atoms with Crippen LogP contribution < -0.4 is 10.6 Å². The molecule has 0 radical (unpaired) electrons. The molecule has 10 heteroatoms. The molecule has 0 atom stereocenters. The molecule has 3 heterocycles. The second-order valence-electron chi connectivity index (χ2n) is 6.49. The van der Waals surface area contributed by atoms with Crippen LogP contribution in [0.2, 0.25) is 0 Å². The van der Waals surface area contributed by atoms with Crippen molar-refractivity contribution in [3.8, 4) is 6.07 Å². The SMILES string of the molecule is Cc1cc2c(NC(=O)c3conc3C3CCNCC3)n[nH]c2cc1C#N.Cl.Cl. The van der Waals surface area contributed by atoms with Gasteiger partial charge in [0.2, 0.25) is 0 Å². The molecular formula is C18H20Cl2N6O2. The predicted molar refractivity (Wildman–Crippen MR) is 109 cm³/mol. The molecule has 0 spiro atoms. The van der Waals surface area contributed by atoms with Crippen molar-refractivity contribution in [1.82, 2.24) is 20.7 Å². The molecular weight excluding hydrogens is 403 g/mol. The Hall–Kier alpha value is -2.60. The van der Waals surface area contributed by atoms with Crippen LogP contribution in [-0.4, -0.2) is 34.4 Å². The first-order chi connectivity index (χ1) is 12.7. The van der Waals surface area contributed by atoms with Crippen LogP contribution >= 0.6 is 24.8 Å². The largest absolute Gasteiger partial charge is 0.364 e. The molecule has 1 aromatic carbocycles. The van der Waals surface area contributed by atoms with Gasteiger partial charge in [0.15, 0.2) is 5.82 Å². The van der Waals surface area contributed by atoms with Crippen LogP contribution in [0.15, 0.2) is 22.9 Å². The number of rotatable bonds is 3. The molecule has 1 amide bonds. The van der Waals surface area contributed by atoms with Gasteiger partial charge in [0.1, 0.15) is 11.8 Å². The molecule has 4 rings (SSSR count). The molecule has 28 heavy (non-hydrogen) atoms. The van der Waals surface area contributed by atoms with Gasteiger partial charge in [0, 0.05) is 11.3 Å². The Balaban J connectivity index is 0.00000140. The van der Waals surface area contributed by atoms with Gasteiger partial charge in [0.25, 0.3) is 5.91 Å². The summed E-state index contributed by atoms with van der Waals surface area (Å²) in [6.07, 6.45) is 3.24. The van der Waals surface area contributed by atoms with Crippen molar-refractivity contribution in [2.24, 2.45) is 0 Å². The van der Waals surface area contributed by atoms with Gasteiger partial charge < -0.3 is 15.2 Å². The van der Waals surface area contributed by atoms with Crippen LogP contribution in [0, 0.1) is 18.3 Å². The highest BCUT2D eigenvalue weighted by molar-refractivity contribution is 6.08. The van der Waals surface area contributed by atoms with E-state index in [-0.39, 0.29) is 36.6 Å². The molecule has 0 unspecified atom stereocenters. The van der Waals surface area contributed by atoms with Crippen LogP contribution in [-0.2, 0) is 0 Å². The van der Waals surface area contributed by atoms with E-state index in [4.69, 9.17) is 9.78 Å². The van der Waals surface area contributed by atoms with Gasteiger partial charge in [0.05, 0.1) is 22.8 Å². The fourth-order valence-corrected chi connectivity index (χ4v) is 3.37. The first-order valence-corrected chi connectivity index (χ1v) is 8.52. The molecule has 2 aromatic heterocycles. The first kappa shape index (κ1) is 21.7. The molecule has 1 aliphatic rings. The third-order valence-corrected chi connectivity index (χ3v) is 4.83. The van der Waals surface area contributed by atoms with Gasteiger partial charge in [-0.1, -0.05) is 5.16 Å². The lowest BCUT2D eigenvalue weighted by Crippen LogP contribution is -2.28. The Labute approximate surface area is 173 Å². The van der Waals surface area contributed by atoms with Crippen molar-refractivity contribution in [3.63, 3.8) is 0 Å². The Bertz CT molecular complexity index is 1020. The maximum Gasteiger partial charge on any atom is 0.262 e. The lowest BCUT2D eigenvalue weighted by Gasteiger charge is -2.21. The molecule has 0 aliphatic carbocycles. The Kier molecular flexibility index (Phi) is 7.02. The quantitative estimate of drug-likeness (QED) is 0.595. The molecule has 148 valence electrons. The number of benzene rings is 1. The number of piperidine rings is 1. The van der Waals surface area contributed by atoms with E-state index < -0.39 is 0 Å². The van der Waals surface area contributed by atoms with E-state index >= 15 is 0 Å². The van der Waals surface area contributed by atoms with Gasteiger partial charge in [-0.3, -0.25) is 9.89 Å². The summed E-state index contributed by atoms with van der Waals surface area (Å²) < 4.78 is 5.08. The second-order valence-corrected chi connectivity index (χ2v) is 6.49. The average molecular weight is 423 g/mol. The zero-order valence-corrected chi connectivity index (χ0v) is 16.7. The number of hydrogen-bond acceptors (Lipinski definition) is 6. The minimum Gasteiger partial charge on any atom is -0.364 e. The highest BCUT2D eigenvalue weighted by Gasteiger charge is 2.26. The summed E-state index contributed by atoms with van der Waals surface area (Å²) in [6, 6.07) is 5.71. The maximum atomic E-state index is 12.8. The fourth-order valence-electron chi connectivity index (χ4n) is 3.37. The highest BCUT2D eigenvalue weighted by atomic mass is 35.5. The molecule has 1 fully saturated rings. The number of nitrogens with one attached hydrogen (secondary N) is 3. The van der Waals surface area contributed by atoms with Crippen molar-refractivity contribution in [3.05, 3.63) is 40.8 Å². The molecule has 1 aliphatic heterocycles. The number of nitriles is 1. The summed E-state index contributed by atoms with van der Waals surface area (Å²) in [7, 11) is 0. The number of amides is 1. The minimum atomic E-state index is -0.296. The molecule has 0 bridgehead atoms. The Morgan fingerprint density at radius 1 is 1.32 bits per heavy atom. The lowest BCUT2D eigenvalue weighted by atomic mass is 9.92. The Morgan fingerprint density at radius 2 is 2.07 bits per heavy atom. The van der Waals surface area contributed by atoms with Crippen LogP contribution in [0.3, 0.4) is 0 Å². The average Bonchev–Trinajstić information content (AvgIpc) is 3.29. The third-order valence-electron chi connectivity index (χ3n) is 4.83. The fraction of sp³-hybridized carbons (Fsp3) is 0.333. The van der Waals surface area contributed by atoms with Gasteiger partial charge >= 0.3 is 0 Å². The number of nitrogens with zero attached hydrogens (tertiary/aromatic N) is 3. The summed E-state index contributed by atoms with van der Waals surface area (Å²) in [5, 5.41) is 27.1. The number of carbonyl (C=O) groups is 1. The maximum absolute atomic E-state index is 12.8. The van der Waals surface area contributed by atoms with E-state index in [1.54, 1.807) is 6.07 Å². The van der Waals surface area contributed by atoms with Crippen LogP contribution in [0.5, 0.6) is 0 Å². The molecule has 3 N–H and O–H groups in total. The second kappa shape index (κ2) is 9.06. The summed E-state index contributed by atoms with van der Waals surface area (Å²) in [5.74, 6) is 0.345. The van der Waals surface area contributed by atoms with E-state index in [2.05, 4.69) is 32.1 Å². The van der Waals surface area contributed by atoms with Crippen LogP contribution in [0.1, 0.15) is 45.9 Å². The van der Waals surface area contributed by atoms with Gasteiger partial charge in [-0.25, -0.2) is 0 Å². The monoisotopic (exact) mass is 422 g/mol. The molecule has 0 saturated carbocycles. The number of carbonyl (C=O) groups excluding carboxylic acids is 1. The van der Waals surface area contributed by atoms with Gasteiger partial charge in [-0.05, 0) is 50.6 Å². The zero-order chi connectivity index (χ0) is 18.1. The van der Waals surface area contributed by atoms with E-state index in [0.717, 1.165) is 36.9 Å². The number of H-pyrrole nitrogens is 1. The van der Waals surface area contributed by atoms with Crippen molar-refractivity contribution in [1.29, 1.82) is 5.26 Å². The number of aromatic nitrogens is 3.